The number of hydrogen-bond acceptors (Lipinski definition) is 1. The molecule has 21 heavy (non-hydrogen) atoms. The smallest absolute Gasteiger partial charge is 0.159 e. The van der Waals surface area contributed by atoms with E-state index >= 15 is 0 Å². The van der Waals surface area contributed by atoms with E-state index in [1.54, 1.807) is 6.07 Å². The van der Waals surface area contributed by atoms with Crippen LogP contribution in [0.25, 0.3) is 0 Å². The molecule has 1 nitrogen and oxygen atoms in total. The highest BCUT2D eigenvalue weighted by Crippen LogP contribution is 2.21. The fourth-order valence-corrected chi connectivity index (χ4v) is 2.54. The minimum absolute atomic E-state index is 0.0895. The molecule has 0 fully saturated rings. The molecule has 2 aromatic rings. The Bertz CT molecular complexity index is 596. The van der Waals surface area contributed by atoms with E-state index in [0.717, 1.165) is 18.4 Å². The highest BCUT2D eigenvalue weighted by molar-refractivity contribution is 5.28. The average Bonchev–Trinajstić information content (AvgIpc) is 2.49. The molecule has 0 aliphatic rings. The minimum atomic E-state index is -0.801. The lowest BCUT2D eigenvalue weighted by Crippen LogP contribution is -2.19. The van der Waals surface area contributed by atoms with E-state index in [9.17, 15) is 8.78 Å². The molecule has 0 bridgehead atoms. The first-order valence-electron chi connectivity index (χ1n) is 7.34. The molecule has 2 aromatic carbocycles. The molecule has 0 saturated heterocycles. The summed E-state index contributed by atoms with van der Waals surface area (Å²) < 4.78 is 26.3. The first-order chi connectivity index (χ1) is 10.1. The zero-order valence-electron chi connectivity index (χ0n) is 12.5. The van der Waals surface area contributed by atoms with Crippen LogP contribution in [-0.2, 0) is 12.8 Å². The highest BCUT2D eigenvalue weighted by Gasteiger charge is 2.12. The Labute approximate surface area is 125 Å². The lowest BCUT2D eigenvalue weighted by molar-refractivity contribution is 0.504. The summed E-state index contributed by atoms with van der Waals surface area (Å²) in [5.74, 6) is -1.59. The first kappa shape index (κ1) is 15.6. The van der Waals surface area contributed by atoms with Gasteiger partial charge in [0.15, 0.2) is 11.6 Å². The molecule has 0 spiro atoms. The molecule has 0 aromatic heterocycles. The summed E-state index contributed by atoms with van der Waals surface area (Å²) >= 11 is 0. The fraction of sp³-hybridized carbons (Fsp3) is 0.333. The molecule has 0 amide bonds. The molecule has 0 radical (unpaired) electrons. The highest BCUT2D eigenvalue weighted by atomic mass is 19.2. The van der Waals surface area contributed by atoms with Gasteiger partial charge in [0.25, 0.3) is 0 Å². The largest absolute Gasteiger partial charge is 0.313 e. The molecule has 0 saturated carbocycles. The summed E-state index contributed by atoms with van der Waals surface area (Å²) in [5, 5.41) is 3.25. The molecule has 0 heterocycles. The van der Waals surface area contributed by atoms with Crippen molar-refractivity contribution in [3.05, 3.63) is 70.8 Å². The van der Waals surface area contributed by atoms with Gasteiger partial charge in [-0.05, 0) is 48.7 Å². The number of aryl methyl sites for hydroxylation is 1. The van der Waals surface area contributed by atoms with Crippen LogP contribution >= 0.6 is 0 Å². The predicted molar refractivity (Wildman–Crippen MR) is 82.3 cm³/mol. The second-order valence-corrected chi connectivity index (χ2v) is 5.29. The van der Waals surface area contributed by atoms with E-state index < -0.39 is 11.6 Å². The lowest BCUT2D eigenvalue weighted by Gasteiger charge is -2.18. The van der Waals surface area contributed by atoms with Gasteiger partial charge in [-0.15, -0.1) is 0 Å². The summed E-state index contributed by atoms with van der Waals surface area (Å²) in [6, 6.07) is 12.6. The molecule has 1 unspecified atom stereocenters. The second-order valence-electron chi connectivity index (χ2n) is 5.29. The zero-order chi connectivity index (χ0) is 15.2. The van der Waals surface area contributed by atoms with Gasteiger partial charge in [0.2, 0.25) is 0 Å². The van der Waals surface area contributed by atoms with E-state index in [-0.39, 0.29) is 6.04 Å². The Kier molecular flexibility index (Phi) is 5.45. The standard InChI is InChI=1S/C18H21F2N/c1-3-5-13-6-4-7-15(10-13)18(21-2)12-14-8-9-16(19)17(20)11-14/h4,6-11,18,21H,3,5,12H2,1-2H3. The summed E-state index contributed by atoms with van der Waals surface area (Å²) in [5.41, 5.74) is 3.27. The topological polar surface area (TPSA) is 12.0 Å². The van der Waals surface area contributed by atoms with Gasteiger partial charge in [0.1, 0.15) is 0 Å². The molecule has 1 atom stereocenters. The van der Waals surface area contributed by atoms with Crippen LogP contribution in [0.15, 0.2) is 42.5 Å². The third-order valence-electron chi connectivity index (χ3n) is 3.66. The summed E-state index contributed by atoms with van der Waals surface area (Å²) in [6.45, 7) is 2.16. The number of rotatable bonds is 6. The quantitative estimate of drug-likeness (QED) is 0.830. The normalized spacial score (nSPS) is 12.4. The summed E-state index contributed by atoms with van der Waals surface area (Å²) in [4.78, 5) is 0. The van der Waals surface area contributed by atoms with Crippen molar-refractivity contribution >= 4 is 0 Å². The van der Waals surface area contributed by atoms with Crippen LogP contribution in [-0.4, -0.2) is 7.05 Å². The Morgan fingerprint density at radius 3 is 2.48 bits per heavy atom. The lowest BCUT2D eigenvalue weighted by atomic mass is 9.96. The minimum Gasteiger partial charge on any atom is -0.313 e. The average molecular weight is 289 g/mol. The van der Waals surface area contributed by atoms with Crippen molar-refractivity contribution in [2.45, 2.75) is 32.2 Å². The second kappa shape index (κ2) is 7.32. The van der Waals surface area contributed by atoms with Crippen molar-refractivity contribution in [1.29, 1.82) is 0 Å². The SMILES string of the molecule is CCCc1cccc(C(Cc2ccc(F)c(F)c2)NC)c1. The Morgan fingerprint density at radius 2 is 1.81 bits per heavy atom. The molecule has 0 aliphatic carbocycles. The van der Waals surface area contributed by atoms with Gasteiger partial charge in [-0.1, -0.05) is 43.7 Å². The molecule has 3 heteroatoms. The first-order valence-corrected chi connectivity index (χ1v) is 7.34. The zero-order valence-corrected chi connectivity index (χ0v) is 12.5. The van der Waals surface area contributed by atoms with Crippen molar-refractivity contribution in [2.24, 2.45) is 0 Å². The maximum absolute atomic E-state index is 13.3. The van der Waals surface area contributed by atoms with Gasteiger partial charge in [-0.25, -0.2) is 8.78 Å². The van der Waals surface area contributed by atoms with Gasteiger partial charge < -0.3 is 5.32 Å². The van der Waals surface area contributed by atoms with Crippen molar-refractivity contribution in [1.82, 2.24) is 5.32 Å². The molecular formula is C18H21F2N. The summed E-state index contributed by atoms with van der Waals surface area (Å²) in [6.07, 6.45) is 2.79. The van der Waals surface area contributed by atoms with E-state index in [4.69, 9.17) is 0 Å². The van der Waals surface area contributed by atoms with E-state index in [0.29, 0.717) is 6.42 Å². The molecular weight excluding hydrogens is 268 g/mol. The molecule has 2 rings (SSSR count). The van der Waals surface area contributed by atoms with E-state index in [1.807, 2.05) is 7.05 Å². The third kappa shape index (κ3) is 4.11. The van der Waals surface area contributed by atoms with Crippen LogP contribution < -0.4 is 5.32 Å². The number of benzene rings is 2. The van der Waals surface area contributed by atoms with Crippen LogP contribution in [0.5, 0.6) is 0 Å². The van der Waals surface area contributed by atoms with Crippen LogP contribution in [0.4, 0.5) is 8.78 Å². The van der Waals surface area contributed by atoms with Crippen LogP contribution in [0.3, 0.4) is 0 Å². The van der Waals surface area contributed by atoms with E-state index in [1.165, 1.54) is 23.3 Å². The van der Waals surface area contributed by atoms with Gasteiger partial charge in [0, 0.05) is 6.04 Å². The van der Waals surface area contributed by atoms with Gasteiger partial charge in [-0.3, -0.25) is 0 Å². The Morgan fingerprint density at radius 1 is 1.00 bits per heavy atom. The number of hydrogen-bond donors (Lipinski definition) is 1. The van der Waals surface area contributed by atoms with Crippen LogP contribution in [0.2, 0.25) is 0 Å². The monoisotopic (exact) mass is 289 g/mol. The van der Waals surface area contributed by atoms with E-state index in [2.05, 4.69) is 36.5 Å². The van der Waals surface area contributed by atoms with Crippen LogP contribution in [0, 0.1) is 11.6 Å². The van der Waals surface area contributed by atoms with Gasteiger partial charge >= 0.3 is 0 Å². The van der Waals surface area contributed by atoms with Gasteiger partial charge in [0.05, 0.1) is 0 Å². The van der Waals surface area contributed by atoms with Crippen molar-refractivity contribution in [3.8, 4) is 0 Å². The van der Waals surface area contributed by atoms with Crippen molar-refractivity contribution < 1.29 is 8.78 Å². The maximum atomic E-state index is 13.3. The third-order valence-corrected chi connectivity index (χ3v) is 3.66. The maximum Gasteiger partial charge on any atom is 0.159 e. The molecule has 112 valence electrons. The number of likely N-dealkylation sites (N-methyl/N-ethyl adjacent to an activating group) is 1. The molecule has 1 N–H and O–H groups in total. The van der Waals surface area contributed by atoms with Crippen molar-refractivity contribution in [3.63, 3.8) is 0 Å². The molecule has 0 aliphatic heterocycles. The van der Waals surface area contributed by atoms with Crippen LogP contribution in [0.1, 0.15) is 36.1 Å². The fourth-order valence-electron chi connectivity index (χ4n) is 2.54. The predicted octanol–water partition coefficient (Wildman–Crippen LogP) is 4.42. The Balaban J connectivity index is 2.19. The summed E-state index contributed by atoms with van der Waals surface area (Å²) in [7, 11) is 1.89. The number of nitrogens with one attached hydrogen (secondary N) is 1. The van der Waals surface area contributed by atoms with Crippen molar-refractivity contribution in [2.75, 3.05) is 7.05 Å². The van der Waals surface area contributed by atoms with Gasteiger partial charge in [-0.2, -0.15) is 0 Å². The Hall–Kier alpha value is -1.74. The number of halogens is 2.